The van der Waals surface area contributed by atoms with E-state index in [-0.39, 0.29) is 0 Å². The summed E-state index contributed by atoms with van der Waals surface area (Å²) in [5, 5.41) is -1.38. The van der Waals surface area contributed by atoms with Gasteiger partial charge in [0.2, 0.25) is 5.29 Å². The summed E-state index contributed by atoms with van der Waals surface area (Å²) in [7, 11) is 0. The standard InChI is InChI=1S/C3H2ClF2/c1-2(5)3(4)6/h1H2. The fourth-order valence-electron chi connectivity index (χ4n) is 0. The second kappa shape index (κ2) is 2.13. The van der Waals surface area contributed by atoms with Gasteiger partial charge in [0.25, 0.3) is 0 Å². The van der Waals surface area contributed by atoms with Gasteiger partial charge in [-0.05, 0) is 11.6 Å². The Labute approximate surface area is 39.4 Å². The molecule has 0 aliphatic heterocycles. The first-order chi connectivity index (χ1) is 2.64. The smallest absolute Gasteiger partial charge is 0.208 e. The van der Waals surface area contributed by atoms with Gasteiger partial charge in [0.05, 0.1) is 0 Å². The zero-order valence-electron chi connectivity index (χ0n) is 2.84. The summed E-state index contributed by atoms with van der Waals surface area (Å²) in [5.74, 6) is -1.23. The Morgan fingerprint density at radius 3 is 1.67 bits per heavy atom. The van der Waals surface area contributed by atoms with Crippen LogP contribution in [0.3, 0.4) is 0 Å². The molecule has 0 spiro atoms. The molecule has 3 heteroatoms. The summed E-state index contributed by atoms with van der Waals surface area (Å²) in [6, 6.07) is 0. The number of allylic oxidation sites excluding steroid dienone is 1. The summed E-state index contributed by atoms with van der Waals surface area (Å²) in [5.41, 5.74) is 0. The topological polar surface area (TPSA) is 0 Å². The molecule has 0 rings (SSSR count). The lowest BCUT2D eigenvalue weighted by atomic mass is 10.7. The Bertz CT molecular complexity index is 58.9. The molecule has 0 heterocycles. The van der Waals surface area contributed by atoms with Crippen molar-refractivity contribution in [1.82, 2.24) is 0 Å². The largest absolute Gasteiger partial charge is 0.220 e. The molecular weight excluding hydrogens is 109 g/mol. The average Bonchev–Trinajstić information content (AvgIpc) is 1.36. The molecule has 35 valence electrons. The predicted molar refractivity (Wildman–Crippen MR) is 20.5 cm³/mol. The molecule has 0 fully saturated rings. The van der Waals surface area contributed by atoms with Crippen LogP contribution < -0.4 is 0 Å². The average molecular weight is 111 g/mol. The zero-order chi connectivity index (χ0) is 5.15. The van der Waals surface area contributed by atoms with Crippen LogP contribution >= 0.6 is 11.6 Å². The Morgan fingerprint density at radius 1 is 1.50 bits per heavy atom. The molecule has 0 unspecified atom stereocenters. The molecule has 0 N–H and O–H groups in total. The minimum absolute atomic E-state index is 1.23. The lowest BCUT2D eigenvalue weighted by Gasteiger charge is -1.75. The third-order valence-electron chi connectivity index (χ3n) is 0.205. The molecule has 0 aliphatic carbocycles. The molecule has 1 radical (unpaired) electrons. The molecule has 0 nitrogen and oxygen atoms in total. The third kappa shape index (κ3) is 2.15. The first-order valence-corrected chi connectivity index (χ1v) is 1.55. The van der Waals surface area contributed by atoms with Crippen molar-refractivity contribution in [2.45, 2.75) is 0 Å². The SMILES string of the molecule is [CH2]C(F)=C(F)Cl. The van der Waals surface area contributed by atoms with Crippen molar-refractivity contribution in [2.24, 2.45) is 0 Å². The highest BCUT2D eigenvalue weighted by Crippen LogP contribution is 2.08. The van der Waals surface area contributed by atoms with E-state index < -0.39 is 11.1 Å². The molecule has 0 saturated heterocycles. The Balaban J connectivity index is 3.68. The van der Waals surface area contributed by atoms with Gasteiger partial charge in [0.15, 0.2) is 0 Å². The Kier molecular flexibility index (Phi) is 2.09. The van der Waals surface area contributed by atoms with Crippen molar-refractivity contribution in [3.05, 3.63) is 18.0 Å². The fourth-order valence-corrected chi connectivity index (χ4v) is 0. The van der Waals surface area contributed by atoms with Crippen LogP contribution in [0.15, 0.2) is 11.1 Å². The summed E-state index contributed by atoms with van der Waals surface area (Å²) in [6.45, 7) is 2.54. The first kappa shape index (κ1) is 5.89. The van der Waals surface area contributed by atoms with Gasteiger partial charge in [-0.2, -0.15) is 4.39 Å². The maximum atomic E-state index is 11.1. The monoisotopic (exact) mass is 111 g/mol. The van der Waals surface area contributed by atoms with Gasteiger partial charge in [-0.15, -0.1) is 0 Å². The lowest BCUT2D eigenvalue weighted by Crippen LogP contribution is -1.58. The van der Waals surface area contributed by atoms with Gasteiger partial charge in [-0.25, -0.2) is 4.39 Å². The van der Waals surface area contributed by atoms with Gasteiger partial charge >= 0.3 is 0 Å². The number of hydrogen-bond donors (Lipinski definition) is 0. The first-order valence-electron chi connectivity index (χ1n) is 1.17. The van der Waals surface area contributed by atoms with Crippen LogP contribution in [0.5, 0.6) is 0 Å². The van der Waals surface area contributed by atoms with Crippen LogP contribution in [0.25, 0.3) is 0 Å². The molecular formula is C3H2ClF2. The Hall–Kier alpha value is -0.110. The number of halogens is 3. The fraction of sp³-hybridized carbons (Fsp3) is 0. The minimum Gasteiger partial charge on any atom is -0.208 e. The summed E-state index contributed by atoms with van der Waals surface area (Å²) in [6.07, 6.45) is 0. The second-order valence-electron chi connectivity index (χ2n) is 0.665. The molecule has 0 aromatic carbocycles. The minimum atomic E-state index is -1.38. The highest BCUT2D eigenvalue weighted by Gasteiger charge is 1.90. The molecule has 0 aromatic rings. The number of rotatable bonds is 0. The van der Waals surface area contributed by atoms with E-state index in [1.165, 1.54) is 0 Å². The quantitative estimate of drug-likeness (QED) is 0.449. The van der Waals surface area contributed by atoms with E-state index in [4.69, 9.17) is 0 Å². The van der Waals surface area contributed by atoms with Gasteiger partial charge in [0.1, 0.15) is 5.83 Å². The van der Waals surface area contributed by atoms with E-state index in [9.17, 15) is 8.78 Å². The van der Waals surface area contributed by atoms with Crippen molar-refractivity contribution in [2.75, 3.05) is 0 Å². The van der Waals surface area contributed by atoms with E-state index in [0.717, 1.165) is 0 Å². The van der Waals surface area contributed by atoms with Crippen LogP contribution in [-0.2, 0) is 0 Å². The molecule has 0 bridgehead atoms. The van der Waals surface area contributed by atoms with Crippen molar-refractivity contribution in [3.8, 4) is 0 Å². The Morgan fingerprint density at radius 2 is 1.67 bits per heavy atom. The van der Waals surface area contributed by atoms with Crippen molar-refractivity contribution < 1.29 is 8.78 Å². The van der Waals surface area contributed by atoms with E-state index >= 15 is 0 Å². The molecule has 0 saturated carbocycles. The van der Waals surface area contributed by atoms with Gasteiger partial charge in [-0.3, -0.25) is 0 Å². The molecule has 6 heavy (non-hydrogen) atoms. The lowest BCUT2D eigenvalue weighted by molar-refractivity contribution is 0.589. The van der Waals surface area contributed by atoms with E-state index in [2.05, 4.69) is 18.5 Å². The number of hydrogen-bond acceptors (Lipinski definition) is 0. The van der Waals surface area contributed by atoms with E-state index in [1.54, 1.807) is 0 Å². The highest BCUT2D eigenvalue weighted by atomic mass is 35.5. The van der Waals surface area contributed by atoms with E-state index in [0.29, 0.717) is 0 Å². The molecule has 0 atom stereocenters. The van der Waals surface area contributed by atoms with E-state index in [1.807, 2.05) is 0 Å². The summed E-state index contributed by atoms with van der Waals surface area (Å²) >= 11 is 4.39. The van der Waals surface area contributed by atoms with Gasteiger partial charge in [-0.1, -0.05) is 0 Å². The van der Waals surface area contributed by atoms with Crippen LogP contribution in [0, 0.1) is 6.92 Å². The molecule has 0 amide bonds. The van der Waals surface area contributed by atoms with Crippen molar-refractivity contribution in [3.63, 3.8) is 0 Å². The van der Waals surface area contributed by atoms with Crippen LogP contribution in [0.2, 0.25) is 0 Å². The summed E-state index contributed by atoms with van der Waals surface area (Å²) < 4.78 is 22.1. The normalized spacial score (nSPS) is 14.0. The molecule has 0 aliphatic rings. The maximum Gasteiger partial charge on any atom is 0.220 e. The van der Waals surface area contributed by atoms with Crippen molar-refractivity contribution in [1.29, 1.82) is 0 Å². The second-order valence-corrected chi connectivity index (χ2v) is 0.997. The van der Waals surface area contributed by atoms with Gasteiger partial charge in [0, 0.05) is 6.92 Å². The van der Waals surface area contributed by atoms with Crippen LogP contribution in [0.4, 0.5) is 8.78 Å². The van der Waals surface area contributed by atoms with Crippen LogP contribution in [0.1, 0.15) is 0 Å². The molecule has 0 aromatic heterocycles. The zero-order valence-corrected chi connectivity index (χ0v) is 3.60. The predicted octanol–water partition coefficient (Wildman–Crippen LogP) is 2.17. The van der Waals surface area contributed by atoms with Gasteiger partial charge < -0.3 is 0 Å². The highest BCUT2D eigenvalue weighted by molar-refractivity contribution is 6.28. The maximum absolute atomic E-state index is 11.1. The third-order valence-corrected chi connectivity index (χ3v) is 0.410. The summed E-state index contributed by atoms with van der Waals surface area (Å²) in [4.78, 5) is 0. The van der Waals surface area contributed by atoms with Crippen molar-refractivity contribution >= 4 is 11.6 Å². The van der Waals surface area contributed by atoms with Crippen LogP contribution in [-0.4, -0.2) is 0 Å².